The van der Waals surface area contributed by atoms with Crippen molar-refractivity contribution in [2.24, 2.45) is 0 Å². The molecular weight excluding hydrogens is 150 g/mol. The molecule has 0 aromatic rings. The molecule has 0 bridgehead atoms. The van der Waals surface area contributed by atoms with E-state index in [4.69, 9.17) is 0 Å². The summed E-state index contributed by atoms with van der Waals surface area (Å²) in [5, 5.41) is 2.71. The molecule has 0 saturated carbocycles. The Hall–Kier alpha value is -0.790. The van der Waals surface area contributed by atoms with Crippen molar-refractivity contribution in [2.75, 3.05) is 0 Å². The highest BCUT2D eigenvalue weighted by Gasteiger charge is 2.00. The van der Waals surface area contributed by atoms with Crippen molar-refractivity contribution in [3.8, 4) is 0 Å². The second-order valence-electron chi connectivity index (χ2n) is 2.98. The van der Waals surface area contributed by atoms with E-state index in [1.807, 2.05) is 0 Å². The third kappa shape index (κ3) is 5.96. The van der Waals surface area contributed by atoms with Crippen molar-refractivity contribution in [3.05, 3.63) is 12.7 Å². The average molecular weight is 169 g/mol. The highest BCUT2D eigenvalue weighted by atomic mass is 16.1. The molecule has 0 aliphatic rings. The minimum Gasteiger partial charge on any atom is -0.352 e. The molecule has 70 valence electrons. The highest BCUT2D eigenvalue weighted by molar-refractivity contribution is 5.47. The maximum atomic E-state index is 10.1. The molecule has 0 saturated heterocycles. The largest absolute Gasteiger partial charge is 0.352 e. The van der Waals surface area contributed by atoms with Crippen LogP contribution in [0.2, 0.25) is 0 Å². The molecule has 0 aliphatic carbocycles. The van der Waals surface area contributed by atoms with E-state index in [1.54, 1.807) is 6.08 Å². The fourth-order valence-corrected chi connectivity index (χ4v) is 1.15. The Morgan fingerprint density at radius 1 is 1.42 bits per heavy atom. The van der Waals surface area contributed by atoms with Gasteiger partial charge in [0.1, 0.15) is 0 Å². The van der Waals surface area contributed by atoms with Gasteiger partial charge in [0.15, 0.2) is 0 Å². The van der Waals surface area contributed by atoms with Crippen molar-refractivity contribution in [1.29, 1.82) is 0 Å². The predicted octanol–water partition coefficient (Wildman–Crippen LogP) is 2.26. The molecule has 2 nitrogen and oxygen atoms in total. The Morgan fingerprint density at radius 2 is 2.17 bits per heavy atom. The van der Waals surface area contributed by atoms with Crippen LogP contribution in [0.4, 0.5) is 0 Å². The number of carbonyl (C=O) groups is 1. The number of nitrogens with one attached hydrogen (secondary N) is 1. The average Bonchev–Trinajstić information content (AvgIpc) is 2.10. The zero-order valence-electron chi connectivity index (χ0n) is 7.88. The summed E-state index contributed by atoms with van der Waals surface area (Å²) in [5.74, 6) is 0. The second kappa shape index (κ2) is 8.31. The van der Waals surface area contributed by atoms with Crippen LogP contribution in [0.1, 0.15) is 39.0 Å². The summed E-state index contributed by atoms with van der Waals surface area (Å²) < 4.78 is 0. The standard InChI is InChI=1S/C10H19NO/c1-3-5-6-7-8-10(4-2)11-9-12/h4,9-10H,2-3,5-8H2,1H3,(H,11,12). The Labute approximate surface area is 75.0 Å². The molecule has 0 rings (SSSR count). The minimum atomic E-state index is 0.166. The predicted molar refractivity (Wildman–Crippen MR) is 51.9 cm³/mol. The summed E-state index contributed by atoms with van der Waals surface area (Å²) in [7, 11) is 0. The van der Waals surface area contributed by atoms with Gasteiger partial charge in [0.2, 0.25) is 6.41 Å². The quantitative estimate of drug-likeness (QED) is 0.337. The van der Waals surface area contributed by atoms with Gasteiger partial charge in [-0.2, -0.15) is 0 Å². The number of hydrogen-bond donors (Lipinski definition) is 1. The number of unbranched alkanes of at least 4 members (excludes halogenated alkanes) is 3. The van der Waals surface area contributed by atoms with E-state index in [0.29, 0.717) is 0 Å². The van der Waals surface area contributed by atoms with Crippen molar-refractivity contribution in [2.45, 2.75) is 45.1 Å². The van der Waals surface area contributed by atoms with Crippen molar-refractivity contribution < 1.29 is 4.79 Å². The Kier molecular flexibility index (Phi) is 7.76. The molecule has 0 aromatic carbocycles. The SMILES string of the molecule is C=CC(CCCCCC)NC=O. The first kappa shape index (κ1) is 11.2. The van der Waals surface area contributed by atoms with Crippen LogP contribution in [0.25, 0.3) is 0 Å². The van der Waals surface area contributed by atoms with Gasteiger partial charge < -0.3 is 5.32 Å². The molecule has 1 amide bonds. The monoisotopic (exact) mass is 169 g/mol. The summed E-state index contributed by atoms with van der Waals surface area (Å²) in [6.07, 6.45) is 8.51. The van der Waals surface area contributed by atoms with E-state index in [9.17, 15) is 4.79 Å². The van der Waals surface area contributed by atoms with E-state index in [-0.39, 0.29) is 6.04 Å². The Morgan fingerprint density at radius 3 is 2.67 bits per heavy atom. The summed E-state index contributed by atoms with van der Waals surface area (Å²) in [6.45, 7) is 5.85. The first-order valence-electron chi connectivity index (χ1n) is 4.67. The lowest BCUT2D eigenvalue weighted by Crippen LogP contribution is -2.24. The van der Waals surface area contributed by atoms with Crippen LogP contribution in [0.15, 0.2) is 12.7 Å². The number of rotatable bonds is 8. The van der Waals surface area contributed by atoms with E-state index >= 15 is 0 Å². The van der Waals surface area contributed by atoms with Crippen LogP contribution in [-0.2, 0) is 4.79 Å². The van der Waals surface area contributed by atoms with Gasteiger partial charge in [0.05, 0.1) is 0 Å². The fraction of sp³-hybridized carbons (Fsp3) is 0.700. The van der Waals surface area contributed by atoms with E-state index in [0.717, 1.165) is 12.8 Å². The van der Waals surface area contributed by atoms with Crippen molar-refractivity contribution >= 4 is 6.41 Å². The van der Waals surface area contributed by atoms with Gasteiger partial charge in [-0.25, -0.2) is 0 Å². The van der Waals surface area contributed by atoms with Crippen LogP contribution >= 0.6 is 0 Å². The Balaban J connectivity index is 3.31. The molecule has 0 spiro atoms. The van der Waals surface area contributed by atoms with Gasteiger partial charge in [-0.15, -0.1) is 6.58 Å². The smallest absolute Gasteiger partial charge is 0.207 e. The van der Waals surface area contributed by atoms with Crippen LogP contribution in [0.5, 0.6) is 0 Å². The van der Waals surface area contributed by atoms with Crippen molar-refractivity contribution in [3.63, 3.8) is 0 Å². The van der Waals surface area contributed by atoms with Gasteiger partial charge in [0.25, 0.3) is 0 Å². The third-order valence-corrected chi connectivity index (χ3v) is 1.94. The number of amides is 1. The van der Waals surface area contributed by atoms with Crippen molar-refractivity contribution in [1.82, 2.24) is 5.32 Å². The molecule has 0 radical (unpaired) electrons. The van der Waals surface area contributed by atoms with Gasteiger partial charge in [0, 0.05) is 6.04 Å². The van der Waals surface area contributed by atoms with Gasteiger partial charge in [-0.05, 0) is 6.42 Å². The molecule has 0 heterocycles. The molecule has 0 fully saturated rings. The summed E-state index contributed by atoms with van der Waals surface area (Å²) in [4.78, 5) is 10.1. The normalized spacial score (nSPS) is 12.1. The molecular formula is C10H19NO. The first-order chi connectivity index (χ1) is 5.85. The number of carbonyl (C=O) groups excluding carboxylic acids is 1. The molecule has 0 aromatic heterocycles. The Bertz CT molecular complexity index is 123. The maximum absolute atomic E-state index is 10.1. The van der Waals surface area contributed by atoms with Crippen LogP contribution in [0.3, 0.4) is 0 Å². The summed E-state index contributed by atoms with van der Waals surface area (Å²) in [6, 6.07) is 0.166. The van der Waals surface area contributed by atoms with Crippen LogP contribution < -0.4 is 5.32 Å². The zero-order chi connectivity index (χ0) is 9.23. The molecule has 1 unspecified atom stereocenters. The summed E-state index contributed by atoms with van der Waals surface area (Å²) in [5.41, 5.74) is 0. The zero-order valence-corrected chi connectivity index (χ0v) is 7.88. The molecule has 1 atom stereocenters. The van der Waals surface area contributed by atoms with Crippen LogP contribution in [0, 0.1) is 0 Å². The topological polar surface area (TPSA) is 29.1 Å². The lowest BCUT2D eigenvalue weighted by Gasteiger charge is -2.09. The lowest BCUT2D eigenvalue weighted by molar-refractivity contribution is -0.109. The molecule has 2 heteroatoms. The van der Waals surface area contributed by atoms with E-state index in [1.165, 1.54) is 25.7 Å². The van der Waals surface area contributed by atoms with Gasteiger partial charge >= 0.3 is 0 Å². The minimum absolute atomic E-state index is 0.166. The lowest BCUT2D eigenvalue weighted by atomic mass is 10.1. The van der Waals surface area contributed by atoms with E-state index in [2.05, 4.69) is 18.8 Å². The fourth-order valence-electron chi connectivity index (χ4n) is 1.15. The van der Waals surface area contributed by atoms with Gasteiger partial charge in [-0.1, -0.05) is 38.7 Å². The first-order valence-corrected chi connectivity index (χ1v) is 4.67. The van der Waals surface area contributed by atoms with Crippen LogP contribution in [-0.4, -0.2) is 12.5 Å². The third-order valence-electron chi connectivity index (χ3n) is 1.94. The molecule has 1 N–H and O–H groups in total. The number of hydrogen-bond acceptors (Lipinski definition) is 1. The molecule has 12 heavy (non-hydrogen) atoms. The summed E-state index contributed by atoms with van der Waals surface area (Å²) >= 11 is 0. The molecule has 0 aliphatic heterocycles. The maximum Gasteiger partial charge on any atom is 0.207 e. The van der Waals surface area contributed by atoms with Gasteiger partial charge in [-0.3, -0.25) is 4.79 Å². The second-order valence-corrected chi connectivity index (χ2v) is 2.98. The van der Waals surface area contributed by atoms with E-state index < -0.39 is 0 Å². The highest BCUT2D eigenvalue weighted by Crippen LogP contribution is 2.05.